The minimum absolute atomic E-state index is 0.175. The van der Waals surface area contributed by atoms with Gasteiger partial charge in [-0.15, -0.1) is 0 Å². The molecule has 1 aromatic heterocycles. The fourth-order valence-corrected chi connectivity index (χ4v) is 3.95. The lowest BCUT2D eigenvalue weighted by Crippen LogP contribution is -2.52. The van der Waals surface area contributed by atoms with Crippen molar-refractivity contribution in [2.75, 3.05) is 49.5 Å². The minimum Gasteiger partial charge on any atom is -0.462 e. The van der Waals surface area contributed by atoms with Gasteiger partial charge < -0.3 is 25.2 Å². The molecular formula is C20H25N5O4S. The van der Waals surface area contributed by atoms with Crippen LogP contribution >= 0.6 is 11.3 Å². The molecular weight excluding hydrogens is 406 g/mol. The van der Waals surface area contributed by atoms with E-state index in [2.05, 4.69) is 20.5 Å². The molecule has 1 aliphatic heterocycles. The van der Waals surface area contributed by atoms with Crippen LogP contribution in [0.4, 0.5) is 15.6 Å². The van der Waals surface area contributed by atoms with Crippen LogP contribution < -0.4 is 15.5 Å². The van der Waals surface area contributed by atoms with E-state index in [1.165, 1.54) is 0 Å². The lowest BCUT2D eigenvalue weighted by atomic mass is 10.2. The Hall–Kier alpha value is -3.14. The van der Waals surface area contributed by atoms with Crippen molar-refractivity contribution in [2.24, 2.45) is 0 Å². The van der Waals surface area contributed by atoms with Crippen molar-refractivity contribution in [2.45, 2.75) is 13.8 Å². The van der Waals surface area contributed by atoms with Crippen molar-refractivity contribution in [3.8, 4) is 0 Å². The molecule has 0 spiro atoms. The summed E-state index contributed by atoms with van der Waals surface area (Å²) in [6, 6.07) is 9.78. The number of nitrogens with zero attached hydrogens (tertiary/aromatic N) is 3. The van der Waals surface area contributed by atoms with Gasteiger partial charge in [0, 0.05) is 31.9 Å². The zero-order chi connectivity index (χ0) is 21.5. The van der Waals surface area contributed by atoms with Gasteiger partial charge in [0.1, 0.15) is 4.88 Å². The lowest BCUT2D eigenvalue weighted by Gasteiger charge is -2.36. The molecule has 0 unspecified atom stereocenters. The van der Waals surface area contributed by atoms with Crippen molar-refractivity contribution in [1.82, 2.24) is 15.2 Å². The Kier molecular flexibility index (Phi) is 7.23. The Bertz CT molecular complexity index is 894. The van der Waals surface area contributed by atoms with Crippen LogP contribution in [-0.4, -0.2) is 67.1 Å². The summed E-state index contributed by atoms with van der Waals surface area (Å²) in [5, 5.41) is 5.54. The summed E-state index contributed by atoms with van der Waals surface area (Å²) in [4.78, 5) is 44.8. The van der Waals surface area contributed by atoms with Crippen molar-refractivity contribution in [3.63, 3.8) is 0 Å². The molecule has 3 amide bonds. The Morgan fingerprint density at radius 2 is 1.83 bits per heavy atom. The third-order valence-electron chi connectivity index (χ3n) is 4.59. The number of aryl methyl sites for hydroxylation is 1. The van der Waals surface area contributed by atoms with Gasteiger partial charge >= 0.3 is 12.0 Å². The van der Waals surface area contributed by atoms with Gasteiger partial charge in [-0.25, -0.2) is 14.6 Å². The maximum atomic E-state index is 12.4. The second kappa shape index (κ2) is 10.1. The molecule has 2 heterocycles. The highest BCUT2D eigenvalue weighted by atomic mass is 32.1. The molecule has 0 saturated carbocycles. The van der Waals surface area contributed by atoms with Crippen LogP contribution in [0.2, 0.25) is 0 Å². The maximum absolute atomic E-state index is 12.4. The average Bonchev–Trinajstić information content (AvgIpc) is 3.13. The van der Waals surface area contributed by atoms with Crippen molar-refractivity contribution >= 4 is 40.1 Å². The van der Waals surface area contributed by atoms with Crippen LogP contribution in [0, 0.1) is 6.92 Å². The van der Waals surface area contributed by atoms with Crippen LogP contribution in [0.15, 0.2) is 30.3 Å². The zero-order valence-electron chi connectivity index (χ0n) is 17.0. The first kappa shape index (κ1) is 21.6. The normalized spacial score (nSPS) is 13.7. The van der Waals surface area contributed by atoms with Gasteiger partial charge in [0.05, 0.1) is 18.8 Å². The van der Waals surface area contributed by atoms with Crippen LogP contribution in [0.1, 0.15) is 22.3 Å². The summed E-state index contributed by atoms with van der Waals surface area (Å²) in [5.74, 6) is -0.869. The van der Waals surface area contributed by atoms with E-state index >= 15 is 0 Å². The van der Waals surface area contributed by atoms with E-state index in [0.717, 1.165) is 30.1 Å². The van der Waals surface area contributed by atoms with Crippen molar-refractivity contribution in [1.29, 1.82) is 0 Å². The number of hydrogen-bond acceptors (Lipinski definition) is 7. The number of piperazine rings is 1. The molecule has 2 N–H and O–H groups in total. The predicted octanol–water partition coefficient (Wildman–Crippen LogP) is 2.10. The Morgan fingerprint density at radius 1 is 1.13 bits per heavy atom. The number of benzene rings is 1. The molecule has 1 fully saturated rings. The van der Waals surface area contributed by atoms with Crippen LogP contribution in [-0.2, 0) is 9.53 Å². The number of amides is 3. The van der Waals surface area contributed by atoms with E-state index in [9.17, 15) is 14.4 Å². The number of hydrogen-bond donors (Lipinski definition) is 2. The van der Waals surface area contributed by atoms with Crippen molar-refractivity contribution < 1.29 is 19.1 Å². The summed E-state index contributed by atoms with van der Waals surface area (Å²) in [6.45, 7) is 6.12. The molecule has 9 nitrogen and oxygen atoms in total. The number of anilines is 2. The molecule has 2 aromatic rings. The number of carbonyl (C=O) groups is 3. The fraction of sp³-hybridized carbons (Fsp3) is 0.400. The number of rotatable bonds is 6. The number of para-hydroxylation sites is 1. The van der Waals surface area contributed by atoms with Gasteiger partial charge in [-0.2, -0.15) is 0 Å². The van der Waals surface area contributed by atoms with Gasteiger partial charge in [-0.3, -0.25) is 4.79 Å². The number of nitrogens with one attached hydrogen (secondary N) is 2. The number of ether oxygens (including phenoxy) is 1. The highest BCUT2D eigenvalue weighted by Crippen LogP contribution is 2.23. The average molecular weight is 432 g/mol. The van der Waals surface area contributed by atoms with E-state index in [1.807, 2.05) is 30.3 Å². The summed E-state index contributed by atoms with van der Waals surface area (Å²) < 4.78 is 4.96. The molecule has 1 aromatic carbocycles. The molecule has 0 atom stereocenters. The maximum Gasteiger partial charge on any atom is 0.350 e. The Morgan fingerprint density at radius 3 is 2.50 bits per heavy atom. The third-order valence-corrected chi connectivity index (χ3v) is 5.65. The summed E-state index contributed by atoms with van der Waals surface area (Å²) in [6.07, 6.45) is 0. The van der Waals surface area contributed by atoms with Crippen molar-refractivity contribution in [3.05, 3.63) is 40.9 Å². The molecule has 0 radical (unpaired) electrons. The Balaban J connectivity index is 1.43. The van der Waals surface area contributed by atoms with E-state index in [0.29, 0.717) is 28.8 Å². The Labute approximate surface area is 179 Å². The van der Waals surface area contributed by atoms with E-state index in [1.54, 1.807) is 18.7 Å². The predicted molar refractivity (Wildman–Crippen MR) is 115 cm³/mol. The standard InChI is InChI=1S/C20H25N5O4S/c1-3-29-18(27)17-14(2)22-19(30-17)23-16(26)13-21-20(28)25-11-9-24(10-12-25)15-7-5-4-6-8-15/h4-8H,3,9-13H2,1-2H3,(H,21,28)(H,22,23,26). The van der Waals surface area contributed by atoms with Gasteiger partial charge in [-0.05, 0) is 26.0 Å². The highest BCUT2D eigenvalue weighted by molar-refractivity contribution is 7.17. The molecule has 160 valence electrons. The SMILES string of the molecule is CCOC(=O)c1sc(NC(=O)CNC(=O)N2CCN(c3ccccc3)CC2)nc1C. The summed E-state index contributed by atoms with van der Waals surface area (Å²) in [7, 11) is 0. The molecule has 10 heteroatoms. The van der Waals surface area contributed by atoms with Gasteiger partial charge in [0.2, 0.25) is 5.91 Å². The van der Waals surface area contributed by atoms with Gasteiger partial charge in [-0.1, -0.05) is 29.5 Å². The number of urea groups is 1. The van der Waals surface area contributed by atoms with Gasteiger partial charge in [0.25, 0.3) is 0 Å². The van der Waals surface area contributed by atoms with E-state index < -0.39 is 11.9 Å². The first-order chi connectivity index (χ1) is 14.5. The molecule has 30 heavy (non-hydrogen) atoms. The van der Waals surface area contributed by atoms with E-state index in [4.69, 9.17) is 4.74 Å². The van der Waals surface area contributed by atoms with Crippen LogP contribution in [0.5, 0.6) is 0 Å². The number of esters is 1. The lowest BCUT2D eigenvalue weighted by molar-refractivity contribution is -0.115. The monoisotopic (exact) mass is 431 g/mol. The summed E-state index contributed by atoms with van der Waals surface area (Å²) >= 11 is 1.05. The molecule has 1 saturated heterocycles. The molecule has 1 aliphatic rings. The fourth-order valence-electron chi connectivity index (χ4n) is 3.07. The smallest absolute Gasteiger partial charge is 0.350 e. The minimum atomic E-state index is -0.462. The molecule has 0 aliphatic carbocycles. The topological polar surface area (TPSA) is 104 Å². The highest BCUT2D eigenvalue weighted by Gasteiger charge is 2.22. The third kappa shape index (κ3) is 5.47. The molecule has 0 bridgehead atoms. The van der Waals surface area contributed by atoms with Crippen LogP contribution in [0.3, 0.4) is 0 Å². The first-order valence-corrected chi connectivity index (χ1v) is 10.6. The quantitative estimate of drug-likeness (QED) is 0.679. The number of carbonyl (C=O) groups excluding carboxylic acids is 3. The second-order valence-corrected chi connectivity index (χ2v) is 7.67. The zero-order valence-corrected chi connectivity index (χ0v) is 17.8. The molecule has 3 rings (SSSR count). The number of thiazole rings is 1. The van der Waals surface area contributed by atoms with Gasteiger partial charge in [0.15, 0.2) is 5.13 Å². The number of aromatic nitrogens is 1. The second-order valence-electron chi connectivity index (χ2n) is 6.67. The largest absolute Gasteiger partial charge is 0.462 e. The summed E-state index contributed by atoms with van der Waals surface area (Å²) in [5.41, 5.74) is 1.63. The van der Waals surface area contributed by atoms with Crippen LogP contribution in [0.25, 0.3) is 0 Å². The first-order valence-electron chi connectivity index (χ1n) is 9.75. The van der Waals surface area contributed by atoms with E-state index in [-0.39, 0.29) is 19.2 Å².